The highest BCUT2D eigenvalue weighted by molar-refractivity contribution is 5.85. The molecule has 4 unspecified atom stereocenters. The van der Waals surface area contributed by atoms with Gasteiger partial charge in [-0.2, -0.15) is 4.98 Å². The molecule has 2 aliphatic heterocycles. The maximum absolute atomic E-state index is 13.1. The van der Waals surface area contributed by atoms with Crippen LogP contribution in [0, 0.1) is 5.92 Å². The fraction of sp³-hybridized carbons (Fsp3) is 0.850. The lowest BCUT2D eigenvalue weighted by Crippen LogP contribution is -2.46. The van der Waals surface area contributed by atoms with Crippen LogP contribution in [-0.2, 0) is 16.1 Å². The van der Waals surface area contributed by atoms with E-state index in [4.69, 9.17) is 9.26 Å². The highest BCUT2D eigenvalue weighted by Crippen LogP contribution is 2.33. The zero-order valence-electron chi connectivity index (χ0n) is 17.9. The van der Waals surface area contributed by atoms with Gasteiger partial charge in [0.05, 0.1) is 12.6 Å². The van der Waals surface area contributed by atoms with Crippen molar-refractivity contribution in [2.45, 2.75) is 70.2 Å². The summed E-state index contributed by atoms with van der Waals surface area (Å²) < 4.78 is 10.6. The van der Waals surface area contributed by atoms with Gasteiger partial charge in [0.1, 0.15) is 6.10 Å². The standard InChI is InChI=1S/C20H33N5O3.2ClH/c1-14(27-2)19-22-18(28-23-19)13-24-8-5-9-25(11-10-24)20(26)17-12-15-6-3-4-7-16(15)21-17;;/h14-17,21H,3-13H2,1-2H3;2*1H. The van der Waals surface area contributed by atoms with Crippen LogP contribution >= 0.6 is 24.8 Å². The lowest BCUT2D eigenvalue weighted by molar-refractivity contribution is -0.133. The van der Waals surface area contributed by atoms with Crippen LogP contribution in [0.2, 0.25) is 0 Å². The molecular weight excluding hydrogens is 429 g/mol. The first kappa shape index (κ1) is 25.3. The van der Waals surface area contributed by atoms with E-state index >= 15 is 0 Å². The number of nitrogens with one attached hydrogen (secondary N) is 1. The van der Waals surface area contributed by atoms with Crippen LogP contribution in [0.15, 0.2) is 4.52 Å². The van der Waals surface area contributed by atoms with Crippen LogP contribution in [0.5, 0.6) is 0 Å². The van der Waals surface area contributed by atoms with Crippen molar-refractivity contribution >= 4 is 30.7 Å². The third-order valence-corrected chi connectivity index (χ3v) is 6.62. The predicted octanol–water partition coefficient (Wildman–Crippen LogP) is 2.58. The zero-order valence-corrected chi connectivity index (χ0v) is 19.6. The molecule has 30 heavy (non-hydrogen) atoms. The van der Waals surface area contributed by atoms with Crippen molar-refractivity contribution in [3.05, 3.63) is 11.7 Å². The van der Waals surface area contributed by atoms with E-state index in [-0.39, 0.29) is 37.0 Å². The van der Waals surface area contributed by atoms with Crippen molar-refractivity contribution in [1.29, 1.82) is 0 Å². The number of hydrogen-bond donors (Lipinski definition) is 1. The van der Waals surface area contributed by atoms with Crippen molar-refractivity contribution in [3.8, 4) is 0 Å². The average Bonchev–Trinajstić information content (AvgIpc) is 3.29. The molecule has 1 aromatic heterocycles. The van der Waals surface area contributed by atoms with Crippen molar-refractivity contribution in [2.75, 3.05) is 33.3 Å². The fourth-order valence-corrected chi connectivity index (χ4v) is 4.87. The Morgan fingerprint density at radius 2 is 2.00 bits per heavy atom. The third kappa shape index (κ3) is 5.85. The summed E-state index contributed by atoms with van der Waals surface area (Å²) in [6.45, 7) is 5.89. The van der Waals surface area contributed by atoms with E-state index < -0.39 is 0 Å². The summed E-state index contributed by atoms with van der Waals surface area (Å²) >= 11 is 0. The molecular formula is C20H35Cl2N5O3. The molecule has 3 fully saturated rings. The highest BCUT2D eigenvalue weighted by atomic mass is 35.5. The number of aromatic nitrogens is 2. The molecule has 2 saturated heterocycles. The number of nitrogens with zero attached hydrogens (tertiary/aromatic N) is 4. The molecule has 10 heteroatoms. The number of fused-ring (bicyclic) bond motifs is 1. The predicted molar refractivity (Wildman–Crippen MR) is 118 cm³/mol. The lowest BCUT2D eigenvalue weighted by Gasteiger charge is -2.25. The quantitative estimate of drug-likeness (QED) is 0.717. The normalized spacial score (nSPS) is 28.1. The van der Waals surface area contributed by atoms with E-state index in [2.05, 4.69) is 25.3 Å². The van der Waals surface area contributed by atoms with E-state index in [9.17, 15) is 4.79 Å². The van der Waals surface area contributed by atoms with E-state index in [1.54, 1.807) is 7.11 Å². The van der Waals surface area contributed by atoms with Crippen LogP contribution in [-0.4, -0.2) is 71.2 Å². The molecule has 1 N–H and O–H groups in total. The zero-order chi connectivity index (χ0) is 19.5. The summed E-state index contributed by atoms with van der Waals surface area (Å²) in [6.07, 6.45) is 6.96. The van der Waals surface area contributed by atoms with Crippen molar-refractivity contribution < 1.29 is 14.1 Å². The van der Waals surface area contributed by atoms with Crippen LogP contribution in [0.3, 0.4) is 0 Å². The van der Waals surface area contributed by atoms with Gasteiger partial charge in [0.25, 0.3) is 0 Å². The fourth-order valence-electron chi connectivity index (χ4n) is 4.87. The monoisotopic (exact) mass is 463 g/mol. The van der Waals surface area contributed by atoms with E-state index in [0.717, 1.165) is 39.0 Å². The molecule has 3 aliphatic rings. The Labute approximate surface area is 191 Å². The minimum atomic E-state index is -0.169. The Morgan fingerprint density at radius 1 is 1.20 bits per heavy atom. The smallest absolute Gasteiger partial charge is 0.240 e. The number of halogens is 2. The average molecular weight is 464 g/mol. The van der Waals surface area contributed by atoms with Crippen molar-refractivity contribution in [2.24, 2.45) is 5.92 Å². The minimum Gasteiger partial charge on any atom is -0.374 e. The molecule has 0 radical (unpaired) electrons. The number of carbonyl (C=O) groups is 1. The number of hydrogen-bond acceptors (Lipinski definition) is 7. The van der Waals surface area contributed by atoms with Crippen LogP contribution in [0.25, 0.3) is 0 Å². The summed E-state index contributed by atoms with van der Waals surface area (Å²) in [5, 5.41) is 7.63. The number of amides is 1. The molecule has 1 saturated carbocycles. The first-order valence-electron chi connectivity index (χ1n) is 10.8. The van der Waals surface area contributed by atoms with Gasteiger partial charge in [0.2, 0.25) is 11.8 Å². The van der Waals surface area contributed by atoms with Gasteiger partial charge < -0.3 is 19.5 Å². The second-order valence-electron chi connectivity index (χ2n) is 8.49. The molecule has 4 rings (SSSR count). The number of rotatable bonds is 5. The van der Waals surface area contributed by atoms with Crippen molar-refractivity contribution in [1.82, 2.24) is 25.3 Å². The van der Waals surface area contributed by atoms with Gasteiger partial charge in [-0.3, -0.25) is 9.69 Å². The summed E-state index contributed by atoms with van der Waals surface area (Å²) in [4.78, 5) is 21.8. The Bertz CT molecular complexity index is 663. The SMILES string of the molecule is COC(C)c1noc(CN2CCCN(C(=O)C3CC4CCCCC4N3)CC2)n1.Cl.Cl. The molecule has 3 heterocycles. The molecule has 0 bridgehead atoms. The van der Waals surface area contributed by atoms with Gasteiger partial charge in [0.15, 0.2) is 5.82 Å². The molecule has 0 aromatic carbocycles. The number of ether oxygens (including phenoxy) is 1. The van der Waals surface area contributed by atoms with Gasteiger partial charge in [-0.05, 0) is 38.5 Å². The van der Waals surface area contributed by atoms with Crippen LogP contribution in [0.1, 0.15) is 63.3 Å². The summed E-state index contributed by atoms with van der Waals surface area (Å²) in [5.41, 5.74) is 0. The second-order valence-corrected chi connectivity index (χ2v) is 8.49. The molecule has 1 amide bonds. The van der Waals surface area contributed by atoms with Gasteiger partial charge in [0, 0.05) is 39.3 Å². The molecule has 4 atom stereocenters. The molecule has 8 nitrogen and oxygen atoms in total. The molecule has 1 aliphatic carbocycles. The number of methoxy groups -OCH3 is 1. The van der Waals surface area contributed by atoms with Gasteiger partial charge in [-0.1, -0.05) is 18.0 Å². The Kier molecular flexibility index (Phi) is 9.81. The maximum atomic E-state index is 13.1. The van der Waals surface area contributed by atoms with E-state index in [0.29, 0.717) is 36.1 Å². The largest absolute Gasteiger partial charge is 0.374 e. The third-order valence-electron chi connectivity index (χ3n) is 6.62. The minimum absolute atomic E-state index is 0. The van der Waals surface area contributed by atoms with Gasteiger partial charge >= 0.3 is 0 Å². The second kappa shape index (κ2) is 11.6. The molecule has 0 spiro atoms. The van der Waals surface area contributed by atoms with Crippen LogP contribution < -0.4 is 5.32 Å². The molecule has 1 aromatic rings. The first-order chi connectivity index (χ1) is 13.6. The Morgan fingerprint density at radius 3 is 2.77 bits per heavy atom. The summed E-state index contributed by atoms with van der Waals surface area (Å²) in [5.74, 6) is 2.19. The molecule has 172 valence electrons. The summed E-state index contributed by atoms with van der Waals surface area (Å²) in [6, 6.07) is 0.584. The Hall–Kier alpha value is -0.930. The van der Waals surface area contributed by atoms with Gasteiger partial charge in [-0.25, -0.2) is 0 Å². The summed E-state index contributed by atoms with van der Waals surface area (Å²) in [7, 11) is 1.63. The highest BCUT2D eigenvalue weighted by Gasteiger charge is 2.39. The number of carbonyl (C=O) groups excluding carboxylic acids is 1. The van der Waals surface area contributed by atoms with E-state index in [1.165, 1.54) is 25.7 Å². The topological polar surface area (TPSA) is 83.7 Å². The van der Waals surface area contributed by atoms with Crippen LogP contribution in [0.4, 0.5) is 0 Å². The van der Waals surface area contributed by atoms with Gasteiger partial charge in [-0.15, -0.1) is 24.8 Å². The first-order valence-corrected chi connectivity index (χ1v) is 10.8. The van der Waals surface area contributed by atoms with E-state index in [1.807, 2.05) is 6.92 Å². The van der Waals surface area contributed by atoms with Crippen molar-refractivity contribution in [3.63, 3.8) is 0 Å². The Balaban J connectivity index is 0.00000160. The maximum Gasteiger partial charge on any atom is 0.240 e. The lowest BCUT2D eigenvalue weighted by atomic mass is 9.85.